The molecule has 0 radical (unpaired) electrons. The van der Waals surface area contributed by atoms with Gasteiger partial charge in [-0.3, -0.25) is 4.98 Å². The Kier molecular flexibility index (Phi) is 3.72. The van der Waals surface area contributed by atoms with Crippen molar-refractivity contribution < 1.29 is 9.47 Å². The van der Waals surface area contributed by atoms with Gasteiger partial charge >= 0.3 is 0 Å². The molecule has 2 aromatic rings. The van der Waals surface area contributed by atoms with Crippen LogP contribution in [0.5, 0.6) is 5.75 Å². The number of aromatic nitrogens is 2. The lowest BCUT2D eigenvalue weighted by Gasteiger charge is -2.39. The fourth-order valence-corrected chi connectivity index (χ4v) is 2.46. The molecule has 2 aromatic heterocycles. The Bertz CT molecular complexity index is 686. The second-order valence-electron chi connectivity index (χ2n) is 5.20. The van der Waals surface area contributed by atoms with Gasteiger partial charge in [0.2, 0.25) is 0 Å². The highest BCUT2D eigenvalue weighted by Gasteiger charge is 2.27. The van der Waals surface area contributed by atoms with Gasteiger partial charge in [0.05, 0.1) is 25.1 Å². The summed E-state index contributed by atoms with van der Waals surface area (Å²) in [7, 11) is 3.27. The number of methoxy groups -OCH3 is 2. The normalized spacial score (nSPS) is 14.7. The molecule has 22 heavy (non-hydrogen) atoms. The predicted molar refractivity (Wildman–Crippen MR) is 85.9 cm³/mol. The van der Waals surface area contributed by atoms with E-state index in [0.29, 0.717) is 22.7 Å². The average Bonchev–Trinajstić information content (AvgIpc) is 2.47. The molecule has 0 amide bonds. The van der Waals surface area contributed by atoms with Crippen LogP contribution in [0.1, 0.15) is 0 Å². The fraction of sp³-hybridized carbons (Fsp3) is 0.333. The van der Waals surface area contributed by atoms with Gasteiger partial charge in [0.25, 0.3) is 0 Å². The number of nitrogens with zero attached hydrogens (tertiary/aromatic N) is 3. The summed E-state index contributed by atoms with van der Waals surface area (Å²) in [4.78, 5) is 10.7. The largest absolute Gasteiger partial charge is 0.493 e. The Balaban J connectivity index is 1.90. The molecule has 1 aliphatic heterocycles. The maximum absolute atomic E-state index is 6.18. The summed E-state index contributed by atoms with van der Waals surface area (Å²) in [5.74, 6) is 1.36. The number of ether oxygens (including phenoxy) is 2. The van der Waals surface area contributed by atoms with E-state index in [4.69, 9.17) is 20.9 Å². The van der Waals surface area contributed by atoms with Crippen LogP contribution in [0.15, 0.2) is 24.7 Å². The van der Waals surface area contributed by atoms with Crippen molar-refractivity contribution in [2.75, 3.05) is 43.7 Å². The van der Waals surface area contributed by atoms with Gasteiger partial charge in [-0.1, -0.05) is 0 Å². The van der Waals surface area contributed by atoms with Crippen molar-refractivity contribution in [1.29, 1.82) is 0 Å². The van der Waals surface area contributed by atoms with Crippen molar-refractivity contribution in [2.45, 2.75) is 6.10 Å². The molecule has 0 aliphatic carbocycles. The van der Waals surface area contributed by atoms with Gasteiger partial charge in [0.1, 0.15) is 5.82 Å². The van der Waals surface area contributed by atoms with Crippen molar-refractivity contribution in [3.63, 3.8) is 0 Å². The molecule has 0 aromatic carbocycles. The minimum Gasteiger partial charge on any atom is -0.493 e. The molecular formula is C15H19N5O2. The van der Waals surface area contributed by atoms with Crippen LogP contribution in [0.3, 0.4) is 0 Å². The summed E-state index contributed by atoms with van der Waals surface area (Å²) < 4.78 is 10.5. The zero-order valence-corrected chi connectivity index (χ0v) is 12.6. The molecular weight excluding hydrogens is 282 g/mol. The lowest BCUT2D eigenvalue weighted by atomic mass is 10.1. The van der Waals surface area contributed by atoms with E-state index in [1.807, 2.05) is 6.07 Å². The Morgan fingerprint density at radius 1 is 1.14 bits per heavy atom. The highest BCUT2D eigenvalue weighted by Crippen LogP contribution is 2.36. The molecule has 1 aliphatic rings. The molecule has 7 heteroatoms. The lowest BCUT2D eigenvalue weighted by molar-refractivity contribution is 0.0783. The first-order chi connectivity index (χ1) is 10.6. The number of hydrogen-bond acceptors (Lipinski definition) is 7. The van der Waals surface area contributed by atoms with E-state index in [1.54, 1.807) is 32.8 Å². The second-order valence-corrected chi connectivity index (χ2v) is 5.20. The standard InChI is InChI=1S/C15H19N5O2/c1-21-9-7-20(8-9)14-3-12(16)10(5-19-14)11-4-18-6-13(22-2)15(11)17/h3-6,9H,7-8H2,1-2H3,(H2,16,19)(H2,17,18). The first-order valence-corrected chi connectivity index (χ1v) is 6.95. The smallest absolute Gasteiger partial charge is 0.160 e. The molecule has 116 valence electrons. The van der Waals surface area contributed by atoms with Crippen molar-refractivity contribution in [3.05, 3.63) is 24.7 Å². The molecule has 4 N–H and O–H groups in total. The van der Waals surface area contributed by atoms with Gasteiger partial charge in [-0.15, -0.1) is 0 Å². The minimum atomic E-state index is 0.265. The Labute approximate surface area is 128 Å². The summed E-state index contributed by atoms with van der Waals surface area (Å²) in [5.41, 5.74) is 14.8. The van der Waals surface area contributed by atoms with Crippen LogP contribution in [0.4, 0.5) is 17.2 Å². The van der Waals surface area contributed by atoms with E-state index in [2.05, 4.69) is 14.9 Å². The number of rotatable bonds is 4. The second kappa shape index (κ2) is 5.69. The van der Waals surface area contributed by atoms with Crippen molar-refractivity contribution in [3.8, 4) is 16.9 Å². The Morgan fingerprint density at radius 3 is 2.55 bits per heavy atom. The topological polar surface area (TPSA) is 99.5 Å². The molecule has 0 saturated carbocycles. The van der Waals surface area contributed by atoms with E-state index < -0.39 is 0 Å². The average molecular weight is 301 g/mol. The number of anilines is 3. The SMILES string of the molecule is COc1cncc(-c2cnc(N3CC(OC)C3)cc2N)c1N. The van der Waals surface area contributed by atoms with Gasteiger partial charge in [0.15, 0.2) is 5.75 Å². The quantitative estimate of drug-likeness (QED) is 0.873. The van der Waals surface area contributed by atoms with Crippen LogP contribution in [-0.2, 0) is 4.74 Å². The highest BCUT2D eigenvalue weighted by atomic mass is 16.5. The maximum Gasteiger partial charge on any atom is 0.160 e. The van der Waals surface area contributed by atoms with Gasteiger partial charge < -0.3 is 25.8 Å². The molecule has 1 saturated heterocycles. The van der Waals surface area contributed by atoms with Gasteiger partial charge in [0, 0.05) is 55.5 Å². The predicted octanol–water partition coefficient (Wildman–Crippen LogP) is 1.15. The third kappa shape index (κ3) is 2.39. The van der Waals surface area contributed by atoms with Crippen molar-refractivity contribution in [1.82, 2.24) is 9.97 Å². The van der Waals surface area contributed by atoms with Crippen LogP contribution in [-0.4, -0.2) is 43.4 Å². The van der Waals surface area contributed by atoms with E-state index in [1.165, 1.54) is 0 Å². The van der Waals surface area contributed by atoms with E-state index in [9.17, 15) is 0 Å². The molecule has 3 rings (SSSR count). The summed E-state index contributed by atoms with van der Waals surface area (Å²) in [5, 5.41) is 0. The van der Waals surface area contributed by atoms with Gasteiger partial charge in [-0.2, -0.15) is 0 Å². The monoisotopic (exact) mass is 301 g/mol. The lowest BCUT2D eigenvalue weighted by Crippen LogP contribution is -2.52. The summed E-state index contributed by atoms with van der Waals surface area (Å²) in [6, 6.07) is 1.85. The fourth-order valence-electron chi connectivity index (χ4n) is 2.46. The third-order valence-electron chi connectivity index (χ3n) is 3.89. The number of nitrogens with two attached hydrogens (primary N) is 2. The first-order valence-electron chi connectivity index (χ1n) is 6.95. The van der Waals surface area contributed by atoms with Crippen LogP contribution in [0, 0.1) is 0 Å². The van der Waals surface area contributed by atoms with Crippen LogP contribution in [0.25, 0.3) is 11.1 Å². The van der Waals surface area contributed by atoms with Gasteiger partial charge in [-0.25, -0.2) is 4.98 Å². The molecule has 0 spiro atoms. The molecule has 0 unspecified atom stereocenters. The Hall–Kier alpha value is -2.54. The molecule has 3 heterocycles. The third-order valence-corrected chi connectivity index (χ3v) is 3.89. The van der Waals surface area contributed by atoms with E-state index in [-0.39, 0.29) is 6.10 Å². The van der Waals surface area contributed by atoms with Crippen molar-refractivity contribution in [2.24, 2.45) is 0 Å². The minimum absolute atomic E-state index is 0.265. The van der Waals surface area contributed by atoms with E-state index in [0.717, 1.165) is 24.5 Å². The zero-order chi connectivity index (χ0) is 15.7. The van der Waals surface area contributed by atoms with Crippen LogP contribution >= 0.6 is 0 Å². The summed E-state index contributed by atoms with van der Waals surface area (Å²) in [6.45, 7) is 1.65. The first kappa shape index (κ1) is 14.4. The van der Waals surface area contributed by atoms with Crippen LogP contribution < -0.4 is 21.1 Å². The Morgan fingerprint density at radius 2 is 1.91 bits per heavy atom. The maximum atomic E-state index is 6.18. The zero-order valence-electron chi connectivity index (χ0n) is 12.6. The van der Waals surface area contributed by atoms with E-state index >= 15 is 0 Å². The molecule has 7 nitrogen and oxygen atoms in total. The molecule has 0 atom stereocenters. The van der Waals surface area contributed by atoms with Crippen molar-refractivity contribution >= 4 is 17.2 Å². The molecule has 0 bridgehead atoms. The van der Waals surface area contributed by atoms with Gasteiger partial charge in [-0.05, 0) is 0 Å². The van der Waals surface area contributed by atoms with Crippen LogP contribution in [0.2, 0.25) is 0 Å². The summed E-state index contributed by atoms with van der Waals surface area (Å²) >= 11 is 0. The number of nitrogen functional groups attached to an aromatic ring is 2. The summed E-state index contributed by atoms with van der Waals surface area (Å²) in [6.07, 6.45) is 5.22. The number of hydrogen-bond donors (Lipinski definition) is 2. The number of pyridine rings is 2. The molecule has 1 fully saturated rings. The highest BCUT2D eigenvalue weighted by molar-refractivity contribution is 5.86.